The molecule has 0 saturated heterocycles. The van der Waals surface area contributed by atoms with Crippen molar-refractivity contribution in [3.8, 4) is 17.2 Å². The van der Waals surface area contributed by atoms with Crippen molar-refractivity contribution in [1.82, 2.24) is 9.97 Å². The second-order valence-electron chi connectivity index (χ2n) is 4.72. The molecule has 0 spiro atoms. The number of ether oxygens (including phenoxy) is 3. The summed E-state index contributed by atoms with van der Waals surface area (Å²) in [5, 5.41) is 11.0. The third-order valence-corrected chi connectivity index (χ3v) is 3.26. The summed E-state index contributed by atoms with van der Waals surface area (Å²) in [5.41, 5.74) is -2.38. The van der Waals surface area contributed by atoms with Gasteiger partial charge in [-0.05, 0) is 23.8 Å². The molecule has 10 heteroatoms. The Morgan fingerprint density at radius 3 is 2.08 bits per heavy atom. The molecule has 0 aliphatic rings. The van der Waals surface area contributed by atoms with E-state index >= 15 is 0 Å². The summed E-state index contributed by atoms with van der Waals surface area (Å²) in [6.45, 7) is 0. The number of benzene rings is 1. The lowest BCUT2D eigenvalue weighted by atomic mass is 10.1. The number of hydrogen-bond donors (Lipinski definition) is 2. The summed E-state index contributed by atoms with van der Waals surface area (Å²) in [7, 11) is 4.36. The lowest BCUT2D eigenvalue weighted by Gasteiger charge is -2.12. The molecule has 0 fully saturated rings. The topological polar surface area (TPSA) is 137 Å². The zero-order valence-electron chi connectivity index (χ0n) is 13.6. The first-order valence-corrected chi connectivity index (χ1v) is 6.90. The molecule has 2 aromatic rings. The minimum atomic E-state index is -1.08. The monoisotopic (exact) mass is 349 g/mol. The predicted molar refractivity (Wildman–Crippen MR) is 89.4 cm³/mol. The van der Waals surface area contributed by atoms with Crippen LogP contribution in [-0.2, 0) is 0 Å². The van der Waals surface area contributed by atoms with Gasteiger partial charge < -0.3 is 19.2 Å². The van der Waals surface area contributed by atoms with E-state index in [2.05, 4.69) is 4.98 Å². The number of nitrogens with one attached hydrogen (secondary N) is 2. The van der Waals surface area contributed by atoms with Gasteiger partial charge in [0.1, 0.15) is 5.69 Å². The van der Waals surface area contributed by atoms with E-state index < -0.39 is 21.9 Å². The zero-order valence-corrected chi connectivity index (χ0v) is 13.6. The molecule has 0 aliphatic carbocycles. The van der Waals surface area contributed by atoms with Gasteiger partial charge in [-0.3, -0.25) is 19.9 Å². The Balaban J connectivity index is 2.55. The fourth-order valence-corrected chi connectivity index (χ4v) is 2.18. The Hall–Kier alpha value is -3.56. The van der Waals surface area contributed by atoms with E-state index in [0.29, 0.717) is 22.8 Å². The lowest BCUT2D eigenvalue weighted by Crippen LogP contribution is -2.25. The van der Waals surface area contributed by atoms with Crippen molar-refractivity contribution in [3.63, 3.8) is 0 Å². The quantitative estimate of drug-likeness (QED) is 0.590. The minimum absolute atomic E-state index is 0.229. The minimum Gasteiger partial charge on any atom is -0.493 e. The Morgan fingerprint density at radius 1 is 1.00 bits per heavy atom. The number of nitro groups is 1. The van der Waals surface area contributed by atoms with E-state index in [1.807, 2.05) is 4.98 Å². The molecule has 0 unspecified atom stereocenters. The van der Waals surface area contributed by atoms with Gasteiger partial charge in [0, 0.05) is 0 Å². The maximum atomic E-state index is 11.6. The Labute approximate surface area is 140 Å². The van der Waals surface area contributed by atoms with Crippen LogP contribution in [0.3, 0.4) is 0 Å². The van der Waals surface area contributed by atoms with Gasteiger partial charge >= 0.3 is 16.9 Å². The number of H-pyrrole nitrogens is 2. The third-order valence-electron chi connectivity index (χ3n) is 3.26. The molecule has 0 amide bonds. The molecule has 1 aromatic carbocycles. The van der Waals surface area contributed by atoms with Crippen LogP contribution in [0.4, 0.5) is 5.69 Å². The van der Waals surface area contributed by atoms with E-state index in [1.165, 1.54) is 33.5 Å². The van der Waals surface area contributed by atoms with E-state index in [4.69, 9.17) is 14.2 Å². The first-order valence-electron chi connectivity index (χ1n) is 6.90. The molecular weight excluding hydrogens is 334 g/mol. The van der Waals surface area contributed by atoms with Gasteiger partial charge in [-0.25, -0.2) is 4.79 Å². The second kappa shape index (κ2) is 7.34. The van der Waals surface area contributed by atoms with Crippen molar-refractivity contribution in [3.05, 3.63) is 54.3 Å². The van der Waals surface area contributed by atoms with Gasteiger partial charge in [0.05, 0.1) is 26.3 Å². The molecule has 25 heavy (non-hydrogen) atoms. The number of hydrogen-bond acceptors (Lipinski definition) is 7. The summed E-state index contributed by atoms with van der Waals surface area (Å²) in [5.74, 6) is 1.16. The van der Waals surface area contributed by atoms with Crippen LogP contribution in [0.25, 0.3) is 12.2 Å². The Bertz CT molecular complexity index is 918. The highest BCUT2D eigenvalue weighted by atomic mass is 16.6. The van der Waals surface area contributed by atoms with E-state index in [1.54, 1.807) is 12.1 Å². The van der Waals surface area contributed by atoms with Crippen LogP contribution in [0.1, 0.15) is 11.3 Å². The second-order valence-corrected chi connectivity index (χ2v) is 4.72. The standard InChI is InChI=1S/C15H15N3O7/c1-23-10-6-8(7-11(24-2)13(10)25-3)4-5-9-12(18(21)22)14(19)17-15(20)16-9/h4-7H,1-3H3,(H2,16,17,19,20)/b5-4-. The zero-order chi connectivity index (χ0) is 18.6. The van der Waals surface area contributed by atoms with Crippen molar-refractivity contribution < 1.29 is 19.1 Å². The van der Waals surface area contributed by atoms with Crippen LogP contribution in [0.2, 0.25) is 0 Å². The highest BCUT2D eigenvalue weighted by Crippen LogP contribution is 2.38. The first kappa shape index (κ1) is 17.8. The van der Waals surface area contributed by atoms with Gasteiger partial charge in [0.25, 0.3) is 0 Å². The molecular formula is C15H15N3O7. The average molecular weight is 349 g/mol. The third kappa shape index (κ3) is 3.68. The van der Waals surface area contributed by atoms with Crippen molar-refractivity contribution in [2.45, 2.75) is 0 Å². The highest BCUT2D eigenvalue weighted by molar-refractivity contribution is 5.74. The maximum absolute atomic E-state index is 11.6. The van der Waals surface area contributed by atoms with E-state index in [-0.39, 0.29) is 5.69 Å². The van der Waals surface area contributed by atoms with E-state index in [0.717, 1.165) is 0 Å². The lowest BCUT2D eigenvalue weighted by molar-refractivity contribution is -0.386. The summed E-state index contributed by atoms with van der Waals surface area (Å²) in [4.78, 5) is 37.1. The Kier molecular flexibility index (Phi) is 5.22. The molecule has 0 bridgehead atoms. The molecule has 1 aromatic heterocycles. The van der Waals surface area contributed by atoms with Crippen molar-refractivity contribution in [1.29, 1.82) is 0 Å². The molecule has 0 saturated carbocycles. The van der Waals surface area contributed by atoms with Gasteiger partial charge in [-0.15, -0.1) is 0 Å². The van der Waals surface area contributed by atoms with Crippen LogP contribution < -0.4 is 25.5 Å². The first-order chi connectivity index (χ1) is 11.9. The number of aromatic amines is 2. The van der Waals surface area contributed by atoms with Crippen LogP contribution in [0.15, 0.2) is 21.7 Å². The molecule has 10 nitrogen and oxygen atoms in total. The fraction of sp³-hybridized carbons (Fsp3) is 0.200. The molecule has 0 radical (unpaired) electrons. The highest BCUT2D eigenvalue weighted by Gasteiger charge is 2.19. The van der Waals surface area contributed by atoms with Gasteiger partial charge in [-0.1, -0.05) is 6.08 Å². The average Bonchev–Trinajstić information content (AvgIpc) is 2.57. The number of rotatable bonds is 6. The SMILES string of the molecule is COc1cc(/C=C\c2[nH]c(=O)[nH]c(=O)c2[N+](=O)[O-])cc(OC)c1OC. The normalized spacial score (nSPS) is 10.7. The molecule has 0 aliphatic heterocycles. The fourth-order valence-electron chi connectivity index (χ4n) is 2.18. The van der Waals surface area contributed by atoms with Gasteiger partial charge in [-0.2, -0.15) is 0 Å². The summed E-state index contributed by atoms with van der Waals surface area (Å²) in [6.07, 6.45) is 2.71. The van der Waals surface area contributed by atoms with Crippen LogP contribution >= 0.6 is 0 Å². The number of aromatic nitrogens is 2. The van der Waals surface area contributed by atoms with Crippen LogP contribution in [-0.4, -0.2) is 36.2 Å². The van der Waals surface area contributed by atoms with Crippen LogP contribution in [0.5, 0.6) is 17.2 Å². The summed E-state index contributed by atoms with van der Waals surface area (Å²) >= 11 is 0. The Morgan fingerprint density at radius 2 is 1.60 bits per heavy atom. The van der Waals surface area contributed by atoms with Crippen LogP contribution in [0, 0.1) is 10.1 Å². The number of nitrogens with zero attached hydrogens (tertiary/aromatic N) is 1. The van der Waals surface area contributed by atoms with Gasteiger partial charge in [0.15, 0.2) is 11.5 Å². The molecule has 0 atom stereocenters. The van der Waals surface area contributed by atoms with Crippen molar-refractivity contribution >= 4 is 17.8 Å². The summed E-state index contributed by atoms with van der Waals surface area (Å²) < 4.78 is 15.6. The maximum Gasteiger partial charge on any atom is 0.357 e. The molecule has 1 heterocycles. The van der Waals surface area contributed by atoms with Gasteiger partial charge in [0.2, 0.25) is 5.75 Å². The largest absolute Gasteiger partial charge is 0.493 e. The molecule has 132 valence electrons. The molecule has 2 N–H and O–H groups in total. The number of methoxy groups -OCH3 is 3. The predicted octanol–water partition coefficient (Wildman–Crippen LogP) is 1.17. The van der Waals surface area contributed by atoms with E-state index in [9.17, 15) is 19.7 Å². The van der Waals surface area contributed by atoms with Crippen molar-refractivity contribution in [2.75, 3.05) is 21.3 Å². The smallest absolute Gasteiger partial charge is 0.357 e. The summed E-state index contributed by atoms with van der Waals surface area (Å²) in [6, 6.07) is 3.21. The van der Waals surface area contributed by atoms with Crippen molar-refractivity contribution in [2.24, 2.45) is 0 Å². The molecule has 2 rings (SSSR count).